The molecule has 3 heteroatoms. The van der Waals surface area contributed by atoms with Gasteiger partial charge in [0.05, 0.1) is 6.04 Å². The number of piperidine rings is 1. The van der Waals surface area contributed by atoms with E-state index in [1.807, 2.05) is 0 Å². The highest BCUT2D eigenvalue weighted by Crippen LogP contribution is 2.54. The molecule has 5 rings (SSSR count). The fourth-order valence-electron chi connectivity index (χ4n) is 5.82. The summed E-state index contributed by atoms with van der Waals surface area (Å²) in [5.41, 5.74) is 6.95. The summed E-state index contributed by atoms with van der Waals surface area (Å²) in [6, 6.07) is 13.6. The van der Waals surface area contributed by atoms with E-state index in [-0.39, 0.29) is 0 Å². The van der Waals surface area contributed by atoms with Crippen LogP contribution in [-0.2, 0) is 6.42 Å². The lowest BCUT2D eigenvalue weighted by molar-refractivity contribution is 0.168. The second-order valence-electron chi connectivity index (χ2n) is 8.56. The Labute approximate surface area is 157 Å². The van der Waals surface area contributed by atoms with Gasteiger partial charge in [0.25, 0.3) is 0 Å². The van der Waals surface area contributed by atoms with Gasteiger partial charge in [-0.05, 0) is 63.4 Å². The first-order valence-electron chi connectivity index (χ1n) is 10.1. The summed E-state index contributed by atoms with van der Waals surface area (Å²) >= 11 is 0. The molecular weight excluding hydrogens is 318 g/mol. The van der Waals surface area contributed by atoms with Gasteiger partial charge in [-0.2, -0.15) is 0 Å². The van der Waals surface area contributed by atoms with E-state index < -0.39 is 0 Å². The molecule has 4 heterocycles. The molecule has 3 aliphatic rings. The Kier molecular flexibility index (Phi) is 3.82. The van der Waals surface area contributed by atoms with E-state index in [0.29, 0.717) is 18.0 Å². The smallest absolute Gasteiger partial charge is 0.0529 e. The molecule has 0 N–H and O–H groups in total. The van der Waals surface area contributed by atoms with Gasteiger partial charge in [-0.25, -0.2) is 0 Å². The lowest BCUT2D eigenvalue weighted by Crippen LogP contribution is -2.45. The van der Waals surface area contributed by atoms with Gasteiger partial charge >= 0.3 is 0 Å². The molecule has 2 aromatic rings. The third-order valence-electron chi connectivity index (χ3n) is 7.05. The number of likely N-dealkylation sites (N-methyl/N-ethyl adjacent to an activating group) is 1. The quantitative estimate of drug-likeness (QED) is 0.834. The van der Waals surface area contributed by atoms with Crippen molar-refractivity contribution < 1.29 is 0 Å². The molecule has 3 nitrogen and oxygen atoms in total. The SMILES string of the molecule is Cc1ccc2c(c1)[C@H]1[C@H]([C@H]3CCC[C@@H]1N3C)N2CCc1ccc(C)nc1. The van der Waals surface area contributed by atoms with Crippen molar-refractivity contribution in [1.82, 2.24) is 9.88 Å². The Bertz CT molecular complexity index is 813. The molecule has 0 saturated carbocycles. The van der Waals surface area contributed by atoms with Crippen molar-refractivity contribution in [3.63, 3.8) is 0 Å². The van der Waals surface area contributed by atoms with Crippen LogP contribution in [0, 0.1) is 13.8 Å². The minimum absolute atomic E-state index is 0.655. The summed E-state index contributed by atoms with van der Waals surface area (Å²) in [4.78, 5) is 9.93. The van der Waals surface area contributed by atoms with Crippen LogP contribution in [0.25, 0.3) is 0 Å². The van der Waals surface area contributed by atoms with E-state index in [1.165, 1.54) is 36.1 Å². The fourth-order valence-corrected chi connectivity index (χ4v) is 5.82. The van der Waals surface area contributed by atoms with Crippen LogP contribution in [0.5, 0.6) is 0 Å². The number of anilines is 1. The number of rotatable bonds is 3. The van der Waals surface area contributed by atoms with Gasteiger partial charge < -0.3 is 4.90 Å². The Balaban J connectivity index is 1.49. The highest BCUT2D eigenvalue weighted by Gasteiger charge is 2.55. The fraction of sp³-hybridized carbons (Fsp3) is 0.522. The molecule has 0 aliphatic carbocycles. The molecule has 3 aliphatic heterocycles. The van der Waals surface area contributed by atoms with Crippen molar-refractivity contribution in [2.75, 3.05) is 18.5 Å². The molecule has 26 heavy (non-hydrogen) atoms. The van der Waals surface area contributed by atoms with Gasteiger partial charge in [0.2, 0.25) is 0 Å². The lowest BCUT2D eigenvalue weighted by Gasteiger charge is -2.37. The number of fused-ring (bicyclic) bond motifs is 7. The van der Waals surface area contributed by atoms with Gasteiger partial charge in [-0.15, -0.1) is 0 Å². The molecule has 2 saturated heterocycles. The molecule has 0 unspecified atom stereocenters. The number of benzene rings is 1. The Morgan fingerprint density at radius 3 is 2.73 bits per heavy atom. The zero-order valence-corrected chi connectivity index (χ0v) is 16.2. The van der Waals surface area contributed by atoms with E-state index in [0.717, 1.165) is 24.7 Å². The normalized spacial score (nSPS) is 29.7. The first kappa shape index (κ1) is 16.3. The van der Waals surface area contributed by atoms with E-state index in [2.05, 4.69) is 72.2 Å². The summed E-state index contributed by atoms with van der Waals surface area (Å²) in [6.07, 6.45) is 7.23. The van der Waals surface area contributed by atoms with Gasteiger partial charge in [-0.3, -0.25) is 9.88 Å². The molecule has 2 bridgehead atoms. The molecule has 0 amide bonds. The summed E-state index contributed by atoms with van der Waals surface area (Å²) < 4.78 is 0. The molecule has 2 fully saturated rings. The lowest BCUT2D eigenvalue weighted by atomic mass is 9.89. The van der Waals surface area contributed by atoms with Gasteiger partial charge in [-0.1, -0.05) is 30.2 Å². The summed E-state index contributed by atoms with van der Waals surface area (Å²) in [7, 11) is 2.37. The highest BCUT2D eigenvalue weighted by atomic mass is 15.3. The number of nitrogens with zero attached hydrogens (tertiary/aromatic N) is 3. The van der Waals surface area contributed by atoms with Gasteiger partial charge in [0, 0.05) is 42.1 Å². The Hall–Kier alpha value is -1.87. The number of hydrogen-bond acceptors (Lipinski definition) is 3. The molecule has 1 aromatic carbocycles. The molecule has 0 radical (unpaired) electrons. The van der Waals surface area contributed by atoms with Crippen molar-refractivity contribution in [2.24, 2.45) is 0 Å². The maximum atomic E-state index is 4.49. The standard InChI is InChI=1S/C23H29N3/c1-15-7-10-19-18(13-15)22-20-5-4-6-21(25(20)3)23(22)26(19)12-11-17-9-8-16(2)24-14-17/h7-10,13-14,20-23H,4-6,11-12H2,1-3H3/t20-,21+,22+,23-/m0/s1. The number of pyridine rings is 1. The van der Waals surface area contributed by atoms with Crippen molar-refractivity contribution in [1.29, 1.82) is 0 Å². The van der Waals surface area contributed by atoms with E-state index in [4.69, 9.17) is 0 Å². The highest BCUT2D eigenvalue weighted by molar-refractivity contribution is 5.65. The van der Waals surface area contributed by atoms with Crippen LogP contribution in [0.15, 0.2) is 36.5 Å². The molecule has 4 atom stereocenters. The zero-order valence-electron chi connectivity index (χ0n) is 16.2. The minimum Gasteiger partial charge on any atom is -0.366 e. The van der Waals surface area contributed by atoms with Crippen molar-refractivity contribution in [3.05, 3.63) is 58.9 Å². The predicted octanol–water partition coefficient (Wildman–Crippen LogP) is 4.08. The zero-order chi connectivity index (χ0) is 17.8. The maximum Gasteiger partial charge on any atom is 0.0529 e. The second kappa shape index (κ2) is 6.09. The third kappa shape index (κ3) is 2.40. The summed E-state index contributed by atoms with van der Waals surface area (Å²) in [5.74, 6) is 0.693. The second-order valence-corrected chi connectivity index (χ2v) is 8.56. The van der Waals surface area contributed by atoms with Crippen LogP contribution in [0.4, 0.5) is 5.69 Å². The number of aryl methyl sites for hydroxylation is 2. The van der Waals surface area contributed by atoms with Crippen LogP contribution in [0.3, 0.4) is 0 Å². The molecule has 136 valence electrons. The average molecular weight is 348 g/mol. The van der Waals surface area contributed by atoms with Crippen LogP contribution in [-0.4, -0.2) is 41.6 Å². The van der Waals surface area contributed by atoms with Gasteiger partial charge in [0.1, 0.15) is 0 Å². The first-order chi connectivity index (χ1) is 12.6. The summed E-state index contributed by atoms with van der Waals surface area (Å²) in [5, 5.41) is 0. The molecule has 0 spiro atoms. The predicted molar refractivity (Wildman–Crippen MR) is 107 cm³/mol. The molecule has 1 aromatic heterocycles. The monoisotopic (exact) mass is 347 g/mol. The summed E-state index contributed by atoms with van der Waals surface area (Å²) in [6.45, 7) is 5.39. The van der Waals surface area contributed by atoms with Crippen molar-refractivity contribution in [2.45, 2.75) is 63.6 Å². The van der Waals surface area contributed by atoms with E-state index in [1.54, 1.807) is 5.56 Å². The third-order valence-corrected chi connectivity index (χ3v) is 7.05. The van der Waals surface area contributed by atoms with Crippen LogP contribution in [0.2, 0.25) is 0 Å². The van der Waals surface area contributed by atoms with Crippen LogP contribution >= 0.6 is 0 Å². The van der Waals surface area contributed by atoms with Gasteiger partial charge in [0.15, 0.2) is 0 Å². The number of aromatic nitrogens is 1. The van der Waals surface area contributed by atoms with Crippen LogP contribution < -0.4 is 4.90 Å². The van der Waals surface area contributed by atoms with E-state index in [9.17, 15) is 0 Å². The van der Waals surface area contributed by atoms with Crippen molar-refractivity contribution >= 4 is 5.69 Å². The topological polar surface area (TPSA) is 19.4 Å². The largest absolute Gasteiger partial charge is 0.366 e. The first-order valence-corrected chi connectivity index (χ1v) is 10.1. The van der Waals surface area contributed by atoms with Crippen LogP contribution in [0.1, 0.15) is 47.6 Å². The van der Waals surface area contributed by atoms with E-state index >= 15 is 0 Å². The minimum atomic E-state index is 0.655. The molecular formula is C23H29N3. The van der Waals surface area contributed by atoms with Crippen molar-refractivity contribution in [3.8, 4) is 0 Å². The maximum absolute atomic E-state index is 4.49. The number of hydrogen-bond donors (Lipinski definition) is 0. The average Bonchev–Trinajstić information content (AvgIpc) is 2.99. The Morgan fingerprint density at radius 2 is 1.92 bits per heavy atom. The Morgan fingerprint density at radius 1 is 1.08 bits per heavy atom.